The van der Waals surface area contributed by atoms with Gasteiger partial charge >= 0.3 is 6.09 Å². The number of hydrogen-bond donors (Lipinski definition) is 0. The summed E-state index contributed by atoms with van der Waals surface area (Å²) < 4.78 is 5.34. The zero-order chi connectivity index (χ0) is 10.3. The molecule has 0 N–H and O–H groups in total. The first-order chi connectivity index (χ1) is 6.49. The summed E-state index contributed by atoms with van der Waals surface area (Å²) in [6.45, 7) is 5.74. The van der Waals surface area contributed by atoms with Crippen molar-refractivity contribution in [2.45, 2.75) is 64.1 Å². The number of nitrogens with zero attached hydrogens (tertiary/aromatic N) is 1. The molecule has 1 aliphatic heterocycles. The lowest BCUT2D eigenvalue weighted by molar-refractivity contribution is 0.0394. The fourth-order valence-electron chi connectivity index (χ4n) is 2.29. The summed E-state index contributed by atoms with van der Waals surface area (Å²) in [6, 6.07) is 0.997. The van der Waals surface area contributed by atoms with E-state index in [0.29, 0.717) is 12.1 Å². The van der Waals surface area contributed by atoms with Gasteiger partial charge in [0.1, 0.15) is 5.60 Å². The molecule has 2 fully saturated rings. The van der Waals surface area contributed by atoms with Crippen LogP contribution in [0, 0.1) is 0 Å². The summed E-state index contributed by atoms with van der Waals surface area (Å²) in [6.07, 6.45) is 4.75. The Morgan fingerprint density at radius 3 is 2.14 bits per heavy atom. The number of carbonyl (C=O) groups excluding carboxylic acids is 1. The van der Waals surface area contributed by atoms with E-state index in [0.717, 1.165) is 0 Å². The summed E-state index contributed by atoms with van der Waals surface area (Å²) in [5.41, 5.74) is -0.358. The van der Waals surface area contributed by atoms with Crippen LogP contribution in [-0.4, -0.2) is 28.7 Å². The molecule has 2 aliphatic rings. The number of rotatable bonds is 0. The van der Waals surface area contributed by atoms with Crippen molar-refractivity contribution >= 4 is 6.09 Å². The van der Waals surface area contributed by atoms with E-state index in [9.17, 15) is 4.79 Å². The highest BCUT2D eigenvalue weighted by molar-refractivity contribution is 5.72. The summed E-state index contributed by atoms with van der Waals surface area (Å²) in [4.78, 5) is 13.6. The maximum absolute atomic E-state index is 11.7. The highest BCUT2D eigenvalue weighted by atomic mass is 16.6. The molecule has 0 bridgehead atoms. The van der Waals surface area contributed by atoms with Gasteiger partial charge in [-0.15, -0.1) is 0 Å². The average Bonchev–Trinajstić information content (AvgIpc) is 2.73. The standard InChI is InChI=1S/C11H19NO2/c1-11(2,3)14-10(13)12-8-6-4-5-7-9(8)12/h8-9H,4-7H2,1-3H3/t8-,9-/m0/s1. The highest BCUT2D eigenvalue weighted by Gasteiger charge is 2.52. The van der Waals surface area contributed by atoms with Gasteiger partial charge < -0.3 is 4.74 Å². The van der Waals surface area contributed by atoms with Crippen LogP contribution in [0.2, 0.25) is 0 Å². The second kappa shape index (κ2) is 3.14. The third kappa shape index (κ3) is 1.86. The van der Waals surface area contributed by atoms with E-state index >= 15 is 0 Å². The normalized spacial score (nSPS) is 30.9. The summed E-state index contributed by atoms with van der Waals surface area (Å²) in [5.74, 6) is 0. The van der Waals surface area contributed by atoms with Gasteiger partial charge in [-0.05, 0) is 33.6 Å². The molecular formula is C11H19NO2. The van der Waals surface area contributed by atoms with Crippen LogP contribution in [0.5, 0.6) is 0 Å². The lowest BCUT2D eigenvalue weighted by atomic mass is 10.0. The fraction of sp³-hybridized carbons (Fsp3) is 0.909. The van der Waals surface area contributed by atoms with Crippen LogP contribution in [0.4, 0.5) is 4.79 Å². The molecule has 1 saturated carbocycles. The van der Waals surface area contributed by atoms with Crippen LogP contribution in [0.25, 0.3) is 0 Å². The van der Waals surface area contributed by atoms with Crippen molar-refractivity contribution < 1.29 is 9.53 Å². The summed E-state index contributed by atoms with van der Waals surface area (Å²) >= 11 is 0. The Morgan fingerprint density at radius 1 is 1.21 bits per heavy atom. The van der Waals surface area contributed by atoms with Gasteiger partial charge in [-0.3, -0.25) is 4.90 Å². The van der Waals surface area contributed by atoms with Crippen molar-refractivity contribution in [2.24, 2.45) is 0 Å². The Balaban J connectivity index is 1.88. The van der Waals surface area contributed by atoms with Crippen LogP contribution in [0.3, 0.4) is 0 Å². The van der Waals surface area contributed by atoms with Crippen molar-refractivity contribution in [2.75, 3.05) is 0 Å². The van der Waals surface area contributed by atoms with Crippen molar-refractivity contribution in [1.82, 2.24) is 4.90 Å². The Morgan fingerprint density at radius 2 is 1.71 bits per heavy atom. The zero-order valence-electron chi connectivity index (χ0n) is 9.25. The Bertz CT molecular complexity index is 232. The molecule has 3 heteroatoms. The van der Waals surface area contributed by atoms with Gasteiger partial charge in [0.15, 0.2) is 0 Å². The largest absolute Gasteiger partial charge is 0.444 e. The summed E-state index contributed by atoms with van der Waals surface area (Å²) in [5, 5.41) is 0. The number of likely N-dealkylation sites (tertiary alicyclic amines) is 1. The van der Waals surface area contributed by atoms with E-state index in [1.165, 1.54) is 25.7 Å². The highest BCUT2D eigenvalue weighted by Crippen LogP contribution is 2.41. The van der Waals surface area contributed by atoms with Gasteiger partial charge in [-0.2, -0.15) is 0 Å². The van der Waals surface area contributed by atoms with E-state index in [1.54, 1.807) is 0 Å². The van der Waals surface area contributed by atoms with Crippen LogP contribution in [-0.2, 0) is 4.74 Å². The third-order valence-corrected chi connectivity index (χ3v) is 2.92. The molecule has 0 radical (unpaired) electrons. The average molecular weight is 197 g/mol. The second-order valence-corrected chi connectivity index (χ2v) is 5.31. The predicted octanol–water partition coefficient (Wildman–Crippen LogP) is 2.55. The Labute approximate surface area is 85.4 Å². The lowest BCUT2D eigenvalue weighted by Gasteiger charge is -2.20. The van der Waals surface area contributed by atoms with Crippen molar-refractivity contribution in [3.05, 3.63) is 0 Å². The molecule has 1 heterocycles. The second-order valence-electron chi connectivity index (χ2n) is 5.31. The molecule has 1 amide bonds. The first-order valence-electron chi connectivity index (χ1n) is 5.50. The fourth-order valence-corrected chi connectivity index (χ4v) is 2.29. The monoisotopic (exact) mass is 197 g/mol. The van der Waals surface area contributed by atoms with Gasteiger partial charge in [0.05, 0.1) is 12.1 Å². The van der Waals surface area contributed by atoms with Gasteiger partial charge in [0, 0.05) is 0 Å². The quantitative estimate of drug-likeness (QED) is 0.558. The summed E-state index contributed by atoms with van der Waals surface area (Å²) in [7, 11) is 0. The first kappa shape index (κ1) is 9.81. The number of hydrogen-bond acceptors (Lipinski definition) is 2. The van der Waals surface area contributed by atoms with Crippen LogP contribution in [0.15, 0.2) is 0 Å². The van der Waals surface area contributed by atoms with Gasteiger partial charge in [-0.1, -0.05) is 12.8 Å². The lowest BCUT2D eigenvalue weighted by Crippen LogP contribution is -2.28. The van der Waals surface area contributed by atoms with E-state index in [2.05, 4.69) is 0 Å². The number of ether oxygens (including phenoxy) is 1. The van der Waals surface area contributed by atoms with E-state index in [-0.39, 0.29) is 11.7 Å². The molecule has 80 valence electrons. The van der Waals surface area contributed by atoms with E-state index in [1.807, 2.05) is 25.7 Å². The molecule has 3 nitrogen and oxygen atoms in total. The van der Waals surface area contributed by atoms with Gasteiger partial charge in [0.25, 0.3) is 0 Å². The minimum atomic E-state index is -0.358. The Hall–Kier alpha value is -0.730. The van der Waals surface area contributed by atoms with Crippen molar-refractivity contribution in [1.29, 1.82) is 0 Å². The molecular weight excluding hydrogens is 178 g/mol. The zero-order valence-corrected chi connectivity index (χ0v) is 9.25. The number of fused-ring (bicyclic) bond motifs is 1. The maximum Gasteiger partial charge on any atom is 0.410 e. The molecule has 14 heavy (non-hydrogen) atoms. The molecule has 0 aromatic carbocycles. The van der Waals surface area contributed by atoms with E-state index < -0.39 is 0 Å². The smallest absolute Gasteiger partial charge is 0.410 e. The van der Waals surface area contributed by atoms with Crippen LogP contribution in [0.1, 0.15) is 46.5 Å². The van der Waals surface area contributed by atoms with Gasteiger partial charge in [0.2, 0.25) is 0 Å². The maximum atomic E-state index is 11.7. The third-order valence-electron chi connectivity index (χ3n) is 2.92. The van der Waals surface area contributed by atoms with Gasteiger partial charge in [-0.25, -0.2) is 4.79 Å². The molecule has 2 atom stereocenters. The minimum absolute atomic E-state index is 0.116. The number of amides is 1. The van der Waals surface area contributed by atoms with Crippen LogP contribution >= 0.6 is 0 Å². The topological polar surface area (TPSA) is 29.3 Å². The predicted molar refractivity (Wildman–Crippen MR) is 54.1 cm³/mol. The van der Waals surface area contributed by atoms with Crippen molar-refractivity contribution in [3.63, 3.8) is 0 Å². The van der Waals surface area contributed by atoms with Crippen LogP contribution < -0.4 is 0 Å². The SMILES string of the molecule is CC(C)(C)OC(=O)N1[C@H]2CCCC[C@@H]21. The van der Waals surface area contributed by atoms with Crippen molar-refractivity contribution in [3.8, 4) is 0 Å². The molecule has 0 aromatic rings. The molecule has 1 aliphatic carbocycles. The molecule has 0 unspecified atom stereocenters. The molecule has 0 spiro atoms. The molecule has 2 rings (SSSR count). The van der Waals surface area contributed by atoms with E-state index in [4.69, 9.17) is 4.74 Å². The molecule has 1 saturated heterocycles. The first-order valence-corrected chi connectivity index (χ1v) is 5.50. The Kier molecular flexibility index (Phi) is 2.20. The number of carbonyl (C=O) groups is 1. The molecule has 0 aromatic heterocycles. The minimum Gasteiger partial charge on any atom is -0.444 e.